The van der Waals surface area contributed by atoms with Crippen molar-refractivity contribution in [1.82, 2.24) is 9.03 Å². The van der Waals surface area contributed by atoms with Crippen molar-refractivity contribution in [3.8, 4) is 5.75 Å². The highest BCUT2D eigenvalue weighted by molar-refractivity contribution is 7.92. The fourth-order valence-electron chi connectivity index (χ4n) is 4.77. The summed E-state index contributed by atoms with van der Waals surface area (Å²) in [5, 5.41) is 0.451. The van der Waals surface area contributed by atoms with Gasteiger partial charge in [-0.25, -0.2) is 21.8 Å². The van der Waals surface area contributed by atoms with Crippen LogP contribution in [0.3, 0.4) is 0 Å². The molecular formula is C27H28FN3O9S3. The van der Waals surface area contributed by atoms with Gasteiger partial charge >= 0.3 is 10.2 Å². The molecule has 0 aromatic heterocycles. The van der Waals surface area contributed by atoms with Gasteiger partial charge in [0.15, 0.2) is 5.82 Å². The predicted octanol–water partition coefficient (Wildman–Crippen LogP) is 2.13. The Kier molecular flexibility index (Phi) is 8.50. The molecule has 3 aromatic carbocycles. The minimum atomic E-state index is -4.37. The molecule has 0 unspecified atom stereocenters. The first kappa shape index (κ1) is 30.9. The van der Waals surface area contributed by atoms with Crippen molar-refractivity contribution in [2.24, 2.45) is 0 Å². The van der Waals surface area contributed by atoms with E-state index in [1.165, 1.54) is 16.4 Å². The van der Waals surface area contributed by atoms with Crippen molar-refractivity contribution in [2.75, 3.05) is 42.6 Å². The maximum absolute atomic E-state index is 16.3. The Morgan fingerprint density at radius 2 is 1.77 bits per heavy atom. The first-order valence-corrected chi connectivity index (χ1v) is 17.9. The number of ether oxygens (including phenoxy) is 1. The zero-order chi connectivity index (χ0) is 31.0. The number of benzene rings is 3. The molecule has 1 fully saturated rings. The molecule has 0 aliphatic carbocycles. The number of nitrogens with zero attached hydrogens (tertiary/aromatic N) is 2. The Balaban J connectivity index is 1.43. The summed E-state index contributed by atoms with van der Waals surface area (Å²) in [6.45, 7) is -0.790. The minimum Gasteiger partial charge on any atom is -0.487 e. The van der Waals surface area contributed by atoms with Gasteiger partial charge in [-0.1, -0.05) is 48.5 Å². The van der Waals surface area contributed by atoms with Gasteiger partial charge in [0.05, 0.1) is 18.6 Å². The van der Waals surface area contributed by atoms with E-state index in [1.54, 1.807) is 42.5 Å². The molecule has 0 atom stereocenters. The Labute approximate surface area is 249 Å². The Hall–Kier alpha value is -3.57. The highest BCUT2D eigenvalue weighted by Crippen LogP contribution is 2.40. The lowest BCUT2D eigenvalue weighted by atomic mass is 10.0. The number of carbonyl (C=O) groups excluding carboxylic acids is 1. The maximum Gasteiger partial charge on any atom is 0.326 e. The smallest absolute Gasteiger partial charge is 0.326 e. The largest absolute Gasteiger partial charge is 0.487 e. The van der Waals surface area contributed by atoms with Gasteiger partial charge in [-0.2, -0.15) is 21.1 Å². The fraction of sp³-hybridized carbons (Fsp3) is 0.296. The third-order valence-electron chi connectivity index (χ3n) is 6.82. The summed E-state index contributed by atoms with van der Waals surface area (Å²) in [5.41, 5.74) is 1.47. The maximum atomic E-state index is 16.3. The second kappa shape index (κ2) is 11.8. The van der Waals surface area contributed by atoms with E-state index in [4.69, 9.17) is 4.74 Å². The molecule has 0 saturated carbocycles. The molecule has 12 nitrogen and oxygen atoms in total. The van der Waals surface area contributed by atoms with Crippen LogP contribution in [0.2, 0.25) is 0 Å². The number of hydrogen-bond acceptors (Lipinski definition) is 9. The number of rotatable bonds is 11. The lowest BCUT2D eigenvalue weighted by Crippen LogP contribution is -2.31. The summed E-state index contributed by atoms with van der Waals surface area (Å²) in [7, 11) is -11.8. The molecular weight excluding hydrogens is 626 g/mol. The number of amides is 1. The quantitative estimate of drug-likeness (QED) is 0.242. The summed E-state index contributed by atoms with van der Waals surface area (Å²) in [4.78, 5) is 12.0. The van der Waals surface area contributed by atoms with Crippen LogP contribution in [0, 0.1) is 5.82 Å². The Morgan fingerprint density at radius 1 is 1.02 bits per heavy atom. The zero-order valence-electron chi connectivity index (χ0n) is 22.9. The van der Waals surface area contributed by atoms with Crippen LogP contribution in [0.25, 0.3) is 16.3 Å². The van der Waals surface area contributed by atoms with Crippen LogP contribution < -0.4 is 13.8 Å². The average molecular weight is 654 g/mol. The number of hydrogen-bond donors (Lipinski definition) is 1. The molecule has 1 amide bonds. The van der Waals surface area contributed by atoms with Gasteiger partial charge in [0.2, 0.25) is 10.0 Å². The lowest BCUT2D eigenvalue weighted by molar-refractivity contribution is -0.117. The number of anilines is 1. The lowest BCUT2D eigenvalue weighted by Gasteiger charge is -2.21. The van der Waals surface area contributed by atoms with Gasteiger partial charge in [-0.05, 0) is 40.6 Å². The summed E-state index contributed by atoms with van der Waals surface area (Å²) in [5.74, 6) is -2.12. The third-order valence-corrected chi connectivity index (χ3v) is 10.7. The average Bonchev–Trinajstić information content (AvgIpc) is 3.54. The van der Waals surface area contributed by atoms with Gasteiger partial charge < -0.3 is 4.74 Å². The number of sulfonamides is 1. The molecule has 3 aromatic rings. The first-order valence-electron chi connectivity index (χ1n) is 13.0. The number of halogens is 1. The third kappa shape index (κ3) is 6.99. The van der Waals surface area contributed by atoms with Crippen LogP contribution in [0.5, 0.6) is 5.75 Å². The molecule has 230 valence electrons. The molecule has 2 aliphatic heterocycles. The van der Waals surface area contributed by atoms with Crippen molar-refractivity contribution in [3.63, 3.8) is 0 Å². The predicted molar refractivity (Wildman–Crippen MR) is 158 cm³/mol. The van der Waals surface area contributed by atoms with Crippen molar-refractivity contribution >= 4 is 58.3 Å². The van der Waals surface area contributed by atoms with Gasteiger partial charge in [0.1, 0.15) is 24.6 Å². The number of nitrogens with one attached hydrogen (secondary N) is 1. The van der Waals surface area contributed by atoms with Crippen LogP contribution in [0.15, 0.2) is 60.7 Å². The van der Waals surface area contributed by atoms with E-state index in [2.05, 4.69) is 4.18 Å². The zero-order valence-corrected chi connectivity index (χ0v) is 25.3. The Morgan fingerprint density at radius 3 is 2.44 bits per heavy atom. The highest BCUT2D eigenvalue weighted by atomic mass is 32.2. The number of carbonyl (C=O) groups is 1. The van der Waals surface area contributed by atoms with E-state index in [1.807, 2.05) is 10.8 Å². The van der Waals surface area contributed by atoms with Crippen molar-refractivity contribution in [1.29, 1.82) is 0 Å². The van der Waals surface area contributed by atoms with E-state index in [-0.39, 0.29) is 49.6 Å². The molecule has 2 aliphatic rings. The van der Waals surface area contributed by atoms with Crippen LogP contribution in [0.1, 0.15) is 17.5 Å². The van der Waals surface area contributed by atoms with Crippen molar-refractivity contribution in [3.05, 3.63) is 77.6 Å². The van der Waals surface area contributed by atoms with E-state index in [0.717, 1.165) is 11.8 Å². The molecule has 16 heteroatoms. The van der Waals surface area contributed by atoms with E-state index in [0.29, 0.717) is 20.8 Å². The summed E-state index contributed by atoms with van der Waals surface area (Å²) < 4.78 is 104. The van der Waals surface area contributed by atoms with Gasteiger partial charge in [-0.3, -0.25) is 8.98 Å². The van der Waals surface area contributed by atoms with Gasteiger partial charge in [-0.15, -0.1) is 0 Å². The molecule has 5 rings (SSSR count). The fourth-order valence-corrected chi connectivity index (χ4v) is 7.73. The molecule has 2 heterocycles. The summed E-state index contributed by atoms with van der Waals surface area (Å²) in [6, 6.07) is 15.3. The molecule has 0 radical (unpaired) electrons. The topological polar surface area (TPSA) is 156 Å². The monoisotopic (exact) mass is 653 g/mol. The van der Waals surface area contributed by atoms with E-state index < -0.39 is 54.3 Å². The standard InChI is InChI=1S/C27H28FN3O9S3/c1-41(33,34)40-12-5-13-42(35,36)30-11-10-22(16-30)20-8-9-21-15-24(39-18-19-6-3-2-4-7-19)27(26(28)23(21)14-20)31-17-25(32)29-43(31,37)38/h2-4,6-10,14-15H,5,11-13,16-18H2,1H3,(H,29,32). The SMILES string of the molecule is CS(=O)(=O)OCCCS(=O)(=O)N1CC=C(c2ccc3cc(OCc4ccccc4)c(N4CC(=O)NS4(=O)=O)c(F)c3c2)C1. The highest BCUT2D eigenvalue weighted by Gasteiger charge is 2.38. The van der Waals surface area contributed by atoms with E-state index in [9.17, 15) is 30.0 Å². The summed E-state index contributed by atoms with van der Waals surface area (Å²) in [6.07, 6.45) is 2.55. The molecule has 0 bridgehead atoms. The second-order valence-electron chi connectivity index (χ2n) is 10.0. The van der Waals surface area contributed by atoms with Crippen molar-refractivity contribution < 1.29 is 43.4 Å². The minimum absolute atomic E-state index is 0.00639. The van der Waals surface area contributed by atoms with Crippen LogP contribution in [0.4, 0.5) is 10.1 Å². The molecule has 0 spiro atoms. The van der Waals surface area contributed by atoms with Gasteiger partial charge in [0, 0.05) is 18.5 Å². The second-order valence-corrected chi connectivity index (χ2v) is 15.3. The molecule has 1 N–H and O–H groups in total. The molecule has 1 saturated heterocycles. The van der Waals surface area contributed by atoms with Gasteiger partial charge in [0.25, 0.3) is 16.0 Å². The first-order chi connectivity index (χ1) is 20.2. The number of fused-ring (bicyclic) bond motifs is 1. The Bertz CT molecular complexity index is 1930. The van der Waals surface area contributed by atoms with Crippen LogP contribution >= 0.6 is 0 Å². The van der Waals surface area contributed by atoms with Crippen LogP contribution in [-0.2, 0) is 45.9 Å². The normalized spacial score (nSPS) is 17.3. The van der Waals surface area contributed by atoms with Crippen molar-refractivity contribution in [2.45, 2.75) is 13.0 Å². The van der Waals surface area contributed by atoms with E-state index >= 15 is 4.39 Å². The summed E-state index contributed by atoms with van der Waals surface area (Å²) >= 11 is 0. The van der Waals surface area contributed by atoms with Crippen LogP contribution in [-0.4, -0.2) is 73.7 Å². The molecule has 43 heavy (non-hydrogen) atoms.